The lowest BCUT2D eigenvalue weighted by Gasteiger charge is -2.29. The molecule has 0 spiro atoms. The minimum absolute atomic E-state index is 0.0288. The summed E-state index contributed by atoms with van der Waals surface area (Å²) < 4.78 is 7.15. The number of benzene rings is 2. The first kappa shape index (κ1) is 22.2. The van der Waals surface area contributed by atoms with Crippen LogP contribution in [-0.4, -0.2) is 22.7 Å². The number of thiazole rings is 1. The molecule has 1 heterocycles. The number of anilines is 2. The van der Waals surface area contributed by atoms with Crippen molar-refractivity contribution in [2.75, 3.05) is 11.9 Å². The molecule has 30 heavy (non-hydrogen) atoms. The van der Waals surface area contributed by atoms with E-state index in [1.165, 1.54) is 0 Å². The topological polar surface area (TPSA) is 71.5 Å². The molecule has 3 rings (SSSR count). The van der Waals surface area contributed by atoms with Crippen LogP contribution in [0.1, 0.15) is 62.6 Å². The van der Waals surface area contributed by atoms with Crippen LogP contribution >= 0.6 is 11.3 Å². The summed E-state index contributed by atoms with van der Waals surface area (Å²) in [7, 11) is 0. The summed E-state index contributed by atoms with van der Waals surface area (Å²) in [6.45, 7) is 10.7. The highest BCUT2D eigenvalue weighted by molar-refractivity contribution is 7.18. The van der Waals surface area contributed by atoms with Crippen LogP contribution in [0.5, 0.6) is 0 Å². The Labute approximate surface area is 182 Å². The van der Waals surface area contributed by atoms with Gasteiger partial charge in [0.05, 0.1) is 27.2 Å². The number of hydrogen-bond donors (Lipinski definition) is 2. The zero-order chi connectivity index (χ0) is 21.9. The quantitative estimate of drug-likeness (QED) is 0.404. The van der Waals surface area contributed by atoms with Crippen LogP contribution in [0.4, 0.5) is 11.4 Å². The Morgan fingerprint density at radius 2 is 2.00 bits per heavy atom. The summed E-state index contributed by atoms with van der Waals surface area (Å²) in [5.74, 6) is -0.806. The SMILES string of the molecule is CCOC(C)(C)c1ccc([C@H](CC)CC(=O)O)cc1Nc1ccc2nc(C)sc2c1. The van der Waals surface area contributed by atoms with Crippen molar-refractivity contribution in [1.82, 2.24) is 4.98 Å². The Kier molecular flexibility index (Phi) is 6.78. The number of hydrogen-bond acceptors (Lipinski definition) is 5. The number of carboxylic acids is 1. The lowest BCUT2D eigenvalue weighted by molar-refractivity contribution is -0.137. The number of rotatable bonds is 9. The number of carboxylic acid groups (broad SMARTS) is 1. The average molecular weight is 427 g/mol. The number of nitrogens with zero attached hydrogens (tertiary/aromatic N) is 1. The van der Waals surface area contributed by atoms with Gasteiger partial charge in [-0.25, -0.2) is 4.98 Å². The van der Waals surface area contributed by atoms with Crippen LogP contribution in [0.3, 0.4) is 0 Å². The predicted molar refractivity (Wildman–Crippen MR) is 124 cm³/mol. The number of nitrogens with one attached hydrogen (secondary N) is 1. The van der Waals surface area contributed by atoms with Gasteiger partial charge in [0, 0.05) is 23.5 Å². The predicted octanol–water partition coefficient (Wildman–Crippen LogP) is 6.59. The number of aromatic nitrogens is 1. The molecule has 160 valence electrons. The van der Waals surface area contributed by atoms with Crippen molar-refractivity contribution < 1.29 is 14.6 Å². The van der Waals surface area contributed by atoms with Crippen LogP contribution < -0.4 is 5.32 Å². The van der Waals surface area contributed by atoms with E-state index in [1.54, 1.807) is 11.3 Å². The van der Waals surface area contributed by atoms with Gasteiger partial charge in [-0.1, -0.05) is 19.1 Å². The van der Waals surface area contributed by atoms with Gasteiger partial charge in [-0.05, 0) is 69.9 Å². The highest BCUT2D eigenvalue weighted by atomic mass is 32.1. The first-order valence-electron chi connectivity index (χ1n) is 10.4. The molecule has 0 unspecified atom stereocenters. The van der Waals surface area contributed by atoms with E-state index in [2.05, 4.69) is 42.3 Å². The first-order chi connectivity index (χ1) is 14.2. The van der Waals surface area contributed by atoms with Crippen LogP contribution in [0.15, 0.2) is 36.4 Å². The second kappa shape index (κ2) is 9.14. The minimum atomic E-state index is -0.777. The third-order valence-electron chi connectivity index (χ3n) is 5.36. The molecule has 2 aromatic carbocycles. The molecule has 1 aromatic heterocycles. The molecule has 3 aromatic rings. The molecule has 0 saturated heterocycles. The maximum absolute atomic E-state index is 11.3. The van der Waals surface area contributed by atoms with E-state index in [0.717, 1.165) is 44.1 Å². The van der Waals surface area contributed by atoms with Crippen molar-refractivity contribution in [3.05, 3.63) is 52.5 Å². The molecule has 0 aliphatic rings. The van der Waals surface area contributed by atoms with Gasteiger partial charge < -0.3 is 15.2 Å². The van der Waals surface area contributed by atoms with Crippen molar-refractivity contribution in [1.29, 1.82) is 0 Å². The molecule has 2 N–H and O–H groups in total. The smallest absolute Gasteiger partial charge is 0.303 e. The Hall–Kier alpha value is -2.44. The van der Waals surface area contributed by atoms with Gasteiger partial charge in [0.25, 0.3) is 0 Å². The largest absolute Gasteiger partial charge is 0.481 e. The molecule has 0 bridgehead atoms. The maximum Gasteiger partial charge on any atom is 0.303 e. The van der Waals surface area contributed by atoms with E-state index in [9.17, 15) is 9.90 Å². The molecule has 1 atom stereocenters. The van der Waals surface area contributed by atoms with E-state index in [-0.39, 0.29) is 12.3 Å². The van der Waals surface area contributed by atoms with Gasteiger partial charge in [-0.3, -0.25) is 4.79 Å². The van der Waals surface area contributed by atoms with Gasteiger partial charge in [0.1, 0.15) is 0 Å². The zero-order valence-corrected chi connectivity index (χ0v) is 19.1. The van der Waals surface area contributed by atoms with Crippen molar-refractivity contribution >= 4 is 38.9 Å². The summed E-state index contributed by atoms with van der Waals surface area (Å²) >= 11 is 1.67. The second-order valence-corrected chi connectivity index (χ2v) is 9.23. The fraction of sp³-hybridized carbons (Fsp3) is 0.417. The summed E-state index contributed by atoms with van der Waals surface area (Å²) in [6, 6.07) is 12.3. The molecule has 5 nitrogen and oxygen atoms in total. The fourth-order valence-electron chi connectivity index (χ4n) is 3.86. The van der Waals surface area contributed by atoms with Gasteiger partial charge >= 0.3 is 5.97 Å². The van der Waals surface area contributed by atoms with E-state index in [0.29, 0.717) is 6.61 Å². The number of ether oxygens (including phenoxy) is 1. The summed E-state index contributed by atoms with van der Waals surface area (Å²) in [6.07, 6.45) is 0.891. The molecular weight excluding hydrogens is 396 g/mol. The van der Waals surface area contributed by atoms with E-state index >= 15 is 0 Å². The summed E-state index contributed by atoms with van der Waals surface area (Å²) in [5.41, 5.74) is 4.50. The van der Waals surface area contributed by atoms with Gasteiger partial charge in [0.2, 0.25) is 0 Å². The Morgan fingerprint density at radius 3 is 2.67 bits per heavy atom. The van der Waals surface area contributed by atoms with Crippen LogP contribution in [0.2, 0.25) is 0 Å². The standard InChI is InChI=1S/C24H30N2O3S/c1-6-16(13-23(27)28)17-8-10-19(24(4,5)29-7-2)21(12-17)26-18-9-11-20-22(14-18)30-15(3)25-20/h8-12,14,16,26H,6-7,13H2,1-5H3,(H,27,28)/t16-/m1/s1. The third kappa shape index (κ3) is 4.99. The molecule has 0 radical (unpaired) electrons. The average Bonchev–Trinajstić information content (AvgIpc) is 3.05. The highest BCUT2D eigenvalue weighted by Crippen LogP contribution is 2.37. The van der Waals surface area contributed by atoms with Crippen molar-refractivity contribution in [3.63, 3.8) is 0 Å². The number of fused-ring (bicyclic) bond motifs is 1. The van der Waals surface area contributed by atoms with E-state index in [1.807, 2.05) is 39.0 Å². The second-order valence-electron chi connectivity index (χ2n) is 7.99. The highest BCUT2D eigenvalue weighted by Gasteiger charge is 2.25. The maximum atomic E-state index is 11.3. The Morgan fingerprint density at radius 1 is 1.23 bits per heavy atom. The molecule has 6 heteroatoms. The molecule has 0 aliphatic carbocycles. The van der Waals surface area contributed by atoms with Crippen molar-refractivity contribution in [2.45, 2.75) is 59.0 Å². The number of carbonyl (C=O) groups is 1. The third-order valence-corrected chi connectivity index (χ3v) is 6.29. The molecule has 0 saturated carbocycles. The van der Waals surface area contributed by atoms with Crippen LogP contribution in [0, 0.1) is 6.92 Å². The summed E-state index contributed by atoms with van der Waals surface area (Å²) in [4.78, 5) is 15.8. The zero-order valence-electron chi connectivity index (χ0n) is 18.3. The molecular formula is C24H30N2O3S. The Balaban J connectivity index is 2.04. The molecule has 0 fully saturated rings. The fourth-order valence-corrected chi connectivity index (χ4v) is 4.73. The van der Waals surface area contributed by atoms with Crippen LogP contribution in [-0.2, 0) is 15.1 Å². The monoisotopic (exact) mass is 426 g/mol. The number of aryl methyl sites for hydroxylation is 1. The van der Waals surface area contributed by atoms with E-state index < -0.39 is 11.6 Å². The van der Waals surface area contributed by atoms with Gasteiger partial charge in [-0.2, -0.15) is 0 Å². The van der Waals surface area contributed by atoms with E-state index in [4.69, 9.17) is 4.74 Å². The first-order valence-corrected chi connectivity index (χ1v) is 11.2. The Bertz CT molecular complexity index is 1040. The van der Waals surface area contributed by atoms with Gasteiger partial charge in [0.15, 0.2) is 0 Å². The number of aliphatic carboxylic acids is 1. The molecule has 0 aliphatic heterocycles. The lowest BCUT2D eigenvalue weighted by atomic mass is 9.88. The van der Waals surface area contributed by atoms with Crippen LogP contribution in [0.25, 0.3) is 10.2 Å². The van der Waals surface area contributed by atoms with Crippen molar-refractivity contribution in [2.24, 2.45) is 0 Å². The van der Waals surface area contributed by atoms with Crippen molar-refractivity contribution in [3.8, 4) is 0 Å². The van der Waals surface area contributed by atoms with Gasteiger partial charge in [-0.15, -0.1) is 11.3 Å². The lowest BCUT2D eigenvalue weighted by Crippen LogP contribution is -2.23. The molecule has 0 amide bonds. The normalized spacial score (nSPS) is 12.8. The summed E-state index contributed by atoms with van der Waals surface area (Å²) in [5, 5.41) is 13.9. The minimum Gasteiger partial charge on any atom is -0.481 e.